The third kappa shape index (κ3) is 4.09. The highest BCUT2D eigenvalue weighted by Crippen LogP contribution is 2.21. The number of thiophene rings is 1. The van der Waals surface area contributed by atoms with E-state index in [1.54, 1.807) is 11.3 Å². The summed E-state index contributed by atoms with van der Waals surface area (Å²) < 4.78 is 5.37. The molecule has 8 nitrogen and oxygen atoms in total. The Hall–Kier alpha value is -2.52. The predicted octanol–water partition coefficient (Wildman–Crippen LogP) is 2.43. The molecule has 1 fully saturated rings. The molecular formula is C18H22N6O2S. The fraction of sp³-hybridized carbons (Fsp3) is 0.444. The van der Waals surface area contributed by atoms with Crippen molar-refractivity contribution >= 4 is 17.2 Å². The highest BCUT2D eigenvalue weighted by Gasteiger charge is 2.25. The Bertz CT molecular complexity index is 879. The Balaban J connectivity index is 1.30. The molecule has 0 unspecified atom stereocenters. The molecule has 4 heterocycles. The van der Waals surface area contributed by atoms with Crippen LogP contribution >= 0.6 is 11.3 Å². The molecule has 27 heavy (non-hydrogen) atoms. The van der Waals surface area contributed by atoms with E-state index >= 15 is 0 Å². The molecule has 0 aromatic carbocycles. The van der Waals surface area contributed by atoms with Crippen LogP contribution in [-0.2, 0) is 13.0 Å². The number of carbonyl (C=O) groups is 1. The lowest BCUT2D eigenvalue weighted by molar-refractivity contribution is 0.0609. The van der Waals surface area contributed by atoms with Crippen molar-refractivity contribution in [1.29, 1.82) is 0 Å². The quantitative estimate of drug-likeness (QED) is 0.700. The molecule has 9 heteroatoms. The van der Waals surface area contributed by atoms with Crippen molar-refractivity contribution in [3.63, 3.8) is 0 Å². The summed E-state index contributed by atoms with van der Waals surface area (Å²) in [6.07, 6.45) is 1.93. The Morgan fingerprint density at radius 3 is 2.93 bits per heavy atom. The van der Waals surface area contributed by atoms with Crippen LogP contribution in [0.2, 0.25) is 0 Å². The second kappa shape index (κ2) is 8.01. The number of amides is 1. The SMILES string of the molecule is CCCc1cc(C(=O)N2CCN(Cc3nc(-c4cccs4)no3)CC2)n[nH]1. The monoisotopic (exact) mass is 386 g/mol. The first-order valence-corrected chi connectivity index (χ1v) is 10.0. The summed E-state index contributed by atoms with van der Waals surface area (Å²) in [5.74, 6) is 1.23. The van der Waals surface area contributed by atoms with Gasteiger partial charge in [-0.2, -0.15) is 10.1 Å². The minimum Gasteiger partial charge on any atom is -0.338 e. The van der Waals surface area contributed by atoms with Gasteiger partial charge in [0.25, 0.3) is 5.91 Å². The number of carbonyl (C=O) groups excluding carboxylic acids is 1. The van der Waals surface area contributed by atoms with Crippen LogP contribution in [0.4, 0.5) is 0 Å². The predicted molar refractivity (Wildman–Crippen MR) is 101 cm³/mol. The summed E-state index contributed by atoms with van der Waals surface area (Å²) >= 11 is 1.59. The molecular weight excluding hydrogens is 364 g/mol. The van der Waals surface area contributed by atoms with Gasteiger partial charge in [-0.25, -0.2) is 0 Å². The lowest BCUT2D eigenvalue weighted by Crippen LogP contribution is -2.48. The molecule has 0 radical (unpaired) electrons. The van der Waals surface area contributed by atoms with Gasteiger partial charge in [-0.3, -0.25) is 14.8 Å². The molecule has 0 aliphatic carbocycles. The highest BCUT2D eigenvalue weighted by atomic mass is 32.1. The van der Waals surface area contributed by atoms with E-state index < -0.39 is 0 Å². The van der Waals surface area contributed by atoms with Gasteiger partial charge < -0.3 is 9.42 Å². The smallest absolute Gasteiger partial charge is 0.274 e. The summed E-state index contributed by atoms with van der Waals surface area (Å²) in [6, 6.07) is 5.81. The van der Waals surface area contributed by atoms with Crippen molar-refractivity contribution in [2.45, 2.75) is 26.3 Å². The first-order valence-electron chi connectivity index (χ1n) is 9.15. The van der Waals surface area contributed by atoms with Crippen LogP contribution in [-0.4, -0.2) is 62.2 Å². The molecule has 0 spiro atoms. The normalized spacial score (nSPS) is 15.4. The van der Waals surface area contributed by atoms with Gasteiger partial charge in [0.2, 0.25) is 11.7 Å². The van der Waals surface area contributed by atoms with Crippen LogP contribution in [0.1, 0.15) is 35.4 Å². The minimum absolute atomic E-state index is 0.00831. The Morgan fingerprint density at radius 2 is 2.19 bits per heavy atom. The lowest BCUT2D eigenvalue weighted by atomic mass is 10.2. The molecule has 1 amide bonds. The summed E-state index contributed by atoms with van der Waals surface area (Å²) in [6.45, 7) is 5.59. The number of nitrogens with zero attached hydrogens (tertiary/aromatic N) is 5. The van der Waals surface area contributed by atoms with E-state index in [1.807, 2.05) is 28.5 Å². The summed E-state index contributed by atoms with van der Waals surface area (Å²) in [5.41, 5.74) is 1.52. The van der Waals surface area contributed by atoms with E-state index in [0.29, 0.717) is 37.0 Å². The van der Waals surface area contributed by atoms with Crippen molar-refractivity contribution in [3.8, 4) is 10.7 Å². The Kier molecular flexibility index (Phi) is 5.30. The van der Waals surface area contributed by atoms with Crippen LogP contribution in [0.15, 0.2) is 28.1 Å². The van der Waals surface area contributed by atoms with E-state index in [1.165, 1.54) is 0 Å². The van der Waals surface area contributed by atoms with Gasteiger partial charge in [-0.05, 0) is 23.9 Å². The van der Waals surface area contributed by atoms with Crippen LogP contribution in [0.5, 0.6) is 0 Å². The van der Waals surface area contributed by atoms with Gasteiger partial charge in [-0.15, -0.1) is 11.3 Å². The fourth-order valence-corrected chi connectivity index (χ4v) is 3.81. The maximum Gasteiger partial charge on any atom is 0.274 e. The number of aryl methyl sites for hydroxylation is 1. The van der Waals surface area contributed by atoms with Crippen LogP contribution < -0.4 is 0 Å². The maximum atomic E-state index is 12.6. The van der Waals surface area contributed by atoms with E-state index in [4.69, 9.17) is 4.52 Å². The maximum absolute atomic E-state index is 12.6. The molecule has 1 saturated heterocycles. The molecule has 3 aromatic rings. The summed E-state index contributed by atoms with van der Waals surface area (Å²) in [4.78, 5) is 22.1. The number of aromatic nitrogens is 4. The zero-order valence-corrected chi connectivity index (χ0v) is 16.0. The average Bonchev–Trinajstić information content (AvgIpc) is 3.44. The zero-order chi connectivity index (χ0) is 18.6. The standard InChI is InChI=1S/C18H22N6O2S/c1-2-4-13-11-14(21-20-13)18(25)24-8-6-23(7-9-24)12-16-19-17(22-26-16)15-5-3-10-27-15/h3,5,10-11H,2,4,6-9,12H2,1H3,(H,20,21). The second-order valence-corrected chi connectivity index (χ2v) is 7.53. The number of piperazine rings is 1. The van der Waals surface area contributed by atoms with E-state index in [9.17, 15) is 4.79 Å². The third-order valence-corrected chi connectivity index (χ3v) is 5.46. The van der Waals surface area contributed by atoms with E-state index in [-0.39, 0.29) is 5.91 Å². The number of nitrogens with one attached hydrogen (secondary N) is 1. The minimum atomic E-state index is -0.00831. The van der Waals surface area contributed by atoms with Crippen molar-refractivity contribution < 1.29 is 9.32 Å². The molecule has 142 valence electrons. The molecule has 4 rings (SSSR count). The molecule has 0 bridgehead atoms. The number of hydrogen-bond acceptors (Lipinski definition) is 7. The second-order valence-electron chi connectivity index (χ2n) is 6.59. The van der Waals surface area contributed by atoms with Crippen molar-refractivity contribution in [3.05, 3.63) is 40.9 Å². The topological polar surface area (TPSA) is 91.2 Å². The van der Waals surface area contributed by atoms with Gasteiger partial charge in [0.05, 0.1) is 11.4 Å². The molecule has 0 atom stereocenters. The van der Waals surface area contributed by atoms with E-state index in [2.05, 4.69) is 32.2 Å². The van der Waals surface area contributed by atoms with Crippen molar-refractivity contribution in [1.82, 2.24) is 30.1 Å². The summed E-state index contributed by atoms with van der Waals surface area (Å²) in [7, 11) is 0. The zero-order valence-electron chi connectivity index (χ0n) is 15.2. The van der Waals surface area contributed by atoms with E-state index in [0.717, 1.165) is 36.5 Å². The van der Waals surface area contributed by atoms with Gasteiger partial charge >= 0.3 is 0 Å². The molecule has 1 aliphatic rings. The van der Waals surface area contributed by atoms with Gasteiger partial charge in [0.15, 0.2) is 0 Å². The lowest BCUT2D eigenvalue weighted by Gasteiger charge is -2.33. The molecule has 0 saturated carbocycles. The van der Waals surface area contributed by atoms with Gasteiger partial charge in [-0.1, -0.05) is 24.6 Å². The first kappa shape index (κ1) is 17.9. The molecule has 1 N–H and O–H groups in total. The highest BCUT2D eigenvalue weighted by molar-refractivity contribution is 7.13. The van der Waals surface area contributed by atoms with Crippen LogP contribution in [0, 0.1) is 0 Å². The number of aromatic amines is 1. The van der Waals surface area contributed by atoms with Crippen LogP contribution in [0.25, 0.3) is 10.7 Å². The first-order chi connectivity index (χ1) is 13.2. The van der Waals surface area contributed by atoms with Crippen molar-refractivity contribution in [2.75, 3.05) is 26.2 Å². The van der Waals surface area contributed by atoms with Crippen molar-refractivity contribution in [2.24, 2.45) is 0 Å². The van der Waals surface area contributed by atoms with Crippen LogP contribution in [0.3, 0.4) is 0 Å². The largest absolute Gasteiger partial charge is 0.338 e. The number of H-pyrrole nitrogens is 1. The number of hydrogen-bond donors (Lipinski definition) is 1. The Morgan fingerprint density at radius 1 is 1.33 bits per heavy atom. The van der Waals surface area contributed by atoms with Gasteiger partial charge in [0, 0.05) is 31.9 Å². The van der Waals surface area contributed by atoms with Gasteiger partial charge in [0.1, 0.15) is 5.69 Å². The molecule has 3 aromatic heterocycles. The Labute approximate surface area is 161 Å². The number of rotatable bonds is 6. The third-order valence-electron chi connectivity index (χ3n) is 4.60. The summed E-state index contributed by atoms with van der Waals surface area (Å²) in [5, 5.41) is 13.1. The average molecular weight is 386 g/mol. The molecule has 1 aliphatic heterocycles. The fourth-order valence-electron chi connectivity index (χ4n) is 3.16.